The fraction of sp³-hybridized carbons (Fsp3) is 1.00. The summed E-state index contributed by atoms with van der Waals surface area (Å²) in [6, 6.07) is 0. The topological polar surface area (TPSA) is 72.0 Å². The van der Waals surface area contributed by atoms with Crippen LogP contribution in [0, 0.1) is 0 Å². The first-order valence-electron chi connectivity index (χ1n) is 5.55. The van der Waals surface area contributed by atoms with Gasteiger partial charge in [-0.15, -0.1) is 0 Å². The summed E-state index contributed by atoms with van der Waals surface area (Å²) in [6.45, 7) is 4.83. The molecule has 0 rings (SSSR count). The van der Waals surface area contributed by atoms with E-state index in [0.717, 1.165) is 12.8 Å². The molecule has 0 aromatic heterocycles. The molecule has 0 aliphatic carbocycles. The molecule has 0 aliphatic rings. The lowest BCUT2D eigenvalue weighted by atomic mass is 10.1. The van der Waals surface area contributed by atoms with E-state index in [1.165, 1.54) is 32.1 Å². The minimum Gasteiger partial charge on any atom is -0.412 e. The molecule has 0 radical (unpaired) electrons. The van der Waals surface area contributed by atoms with Gasteiger partial charge in [0.2, 0.25) is 0 Å². The summed E-state index contributed by atoms with van der Waals surface area (Å²) in [5.41, 5.74) is 0. The first-order valence-corrected chi connectivity index (χ1v) is 5.55. The SMILES string of the molecule is CCCCCCCCO.CCCO.O. The standard InChI is InChI=1S/C8H18O.C3H8O.H2O/c1-2-3-4-5-6-7-8-9;1-2-3-4;/h9H,2-8H2,1H3;4H,2-3H2,1H3;1H2. The first kappa shape index (κ1) is 19.5. The molecule has 0 spiro atoms. The average Bonchev–Trinajstić information content (AvgIpc) is 2.18. The van der Waals surface area contributed by atoms with E-state index >= 15 is 0 Å². The molecule has 0 bridgehead atoms. The maximum Gasteiger partial charge on any atom is 0.0431 e. The van der Waals surface area contributed by atoms with Crippen molar-refractivity contribution in [2.45, 2.75) is 58.8 Å². The Hall–Kier alpha value is -0.120. The summed E-state index contributed by atoms with van der Waals surface area (Å²) in [4.78, 5) is 0. The lowest BCUT2D eigenvalue weighted by molar-refractivity contribution is 0.282. The third-order valence-corrected chi connectivity index (χ3v) is 1.74. The molecular formula is C11H28O3. The van der Waals surface area contributed by atoms with Gasteiger partial charge in [0.05, 0.1) is 0 Å². The predicted octanol–water partition coefficient (Wildman–Crippen LogP) is 1.90. The molecule has 0 aromatic carbocycles. The molecule has 90 valence electrons. The fourth-order valence-electron chi connectivity index (χ4n) is 0.892. The van der Waals surface area contributed by atoms with Crippen molar-refractivity contribution in [3.8, 4) is 0 Å². The van der Waals surface area contributed by atoms with Gasteiger partial charge in [-0.3, -0.25) is 0 Å². The van der Waals surface area contributed by atoms with Crippen molar-refractivity contribution < 1.29 is 15.7 Å². The van der Waals surface area contributed by atoms with Crippen LogP contribution < -0.4 is 0 Å². The van der Waals surface area contributed by atoms with Crippen LogP contribution in [0.1, 0.15) is 58.8 Å². The lowest BCUT2D eigenvalue weighted by Crippen LogP contribution is -1.82. The van der Waals surface area contributed by atoms with E-state index in [0.29, 0.717) is 13.2 Å². The number of aliphatic hydroxyl groups excluding tert-OH is 2. The maximum atomic E-state index is 8.42. The molecule has 0 saturated heterocycles. The molecule has 4 N–H and O–H groups in total. The number of hydrogen-bond donors (Lipinski definition) is 2. The van der Waals surface area contributed by atoms with E-state index in [-0.39, 0.29) is 5.48 Å². The quantitative estimate of drug-likeness (QED) is 0.627. The molecule has 0 saturated carbocycles. The largest absolute Gasteiger partial charge is 0.412 e. The van der Waals surface area contributed by atoms with Crippen molar-refractivity contribution in [3.63, 3.8) is 0 Å². The summed E-state index contributed by atoms with van der Waals surface area (Å²) < 4.78 is 0. The number of unbranched alkanes of at least 4 members (excludes halogenated alkanes) is 5. The Morgan fingerprint density at radius 3 is 1.43 bits per heavy atom. The van der Waals surface area contributed by atoms with Gasteiger partial charge in [0.15, 0.2) is 0 Å². The van der Waals surface area contributed by atoms with E-state index in [4.69, 9.17) is 10.2 Å². The Labute approximate surface area is 88.5 Å². The molecular weight excluding hydrogens is 180 g/mol. The average molecular weight is 208 g/mol. The summed E-state index contributed by atoms with van der Waals surface area (Å²) in [5, 5.41) is 16.3. The van der Waals surface area contributed by atoms with Gasteiger partial charge >= 0.3 is 0 Å². The highest BCUT2D eigenvalue weighted by atomic mass is 16.3. The van der Waals surface area contributed by atoms with E-state index in [9.17, 15) is 0 Å². The van der Waals surface area contributed by atoms with Gasteiger partial charge in [0.1, 0.15) is 0 Å². The summed E-state index contributed by atoms with van der Waals surface area (Å²) in [5.74, 6) is 0. The van der Waals surface area contributed by atoms with Crippen LogP contribution in [0.4, 0.5) is 0 Å². The molecule has 0 atom stereocenters. The van der Waals surface area contributed by atoms with Crippen LogP contribution in [0.25, 0.3) is 0 Å². The number of rotatable bonds is 7. The normalized spacial score (nSPS) is 8.57. The Morgan fingerprint density at radius 1 is 0.643 bits per heavy atom. The van der Waals surface area contributed by atoms with E-state index in [1.807, 2.05) is 6.92 Å². The Bertz CT molecular complexity index is 59.6. The second-order valence-electron chi connectivity index (χ2n) is 3.21. The molecule has 3 nitrogen and oxygen atoms in total. The second-order valence-corrected chi connectivity index (χ2v) is 3.21. The smallest absolute Gasteiger partial charge is 0.0431 e. The highest BCUT2D eigenvalue weighted by Gasteiger charge is 1.86. The van der Waals surface area contributed by atoms with Gasteiger partial charge in [0.25, 0.3) is 0 Å². The van der Waals surface area contributed by atoms with E-state index in [1.54, 1.807) is 0 Å². The van der Waals surface area contributed by atoms with Gasteiger partial charge < -0.3 is 15.7 Å². The van der Waals surface area contributed by atoms with Crippen LogP contribution in [-0.4, -0.2) is 28.9 Å². The lowest BCUT2D eigenvalue weighted by Gasteiger charge is -1.95. The van der Waals surface area contributed by atoms with Crippen LogP contribution in [0.5, 0.6) is 0 Å². The van der Waals surface area contributed by atoms with Crippen LogP contribution in [-0.2, 0) is 0 Å². The predicted molar refractivity (Wildman–Crippen MR) is 61.5 cm³/mol. The Kier molecular flexibility index (Phi) is 32.0. The number of hydrogen-bond acceptors (Lipinski definition) is 2. The third kappa shape index (κ3) is 29.7. The third-order valence-electron chi connectivity index (χ3n) is 1.74. The van der Waals surface area contributed by atoms with Crippen LogP contribution in [0.15, 0.2) is 0 Å². The van der Waals surface area contributed by atoms with Gasteiger partial charge in [-0.2, -0.15) is 0 Å². The zero-order chi connectivity index (χ0) is 10.4. The molecule has 14 heavy (non-hydrogen) atoms. The van der Waals surface area contributed by atoms with E-state index in [2.05, 4.69) is 6.92 Å². The van der Waals surface area contributed by atoms with Gasteiger partial charge in [0, 0.05) is 13.2 Å². The van der Waals surface area contributed by atoms with Crippen molar-refractivity contribution in [2.75, 3.05) is 13.2 Å². The minimum atomic E-state index is 0. The Morgan fingerprint density at radius 2 is 1.07 bits per heavy atom. The van der Waals surface area contributed by atoms with Gasteiger partial charge in [-0.05, 0) is 12.8 Å². The van der Waals surface area contributed by atoms with Crippen LogP contribution >= 0.6 is 0 Å². The molecule has 3 heteroatoms. The van der Waals surface area contributed by atoms with Crippen molar-refractivity contribution in [1.29, 1.82) is 0 Å². The zero-order valence-electron chi connectivity index (χ0n) is 9.76. The fourth-order valence-corrected chi connectivity index (χ4v) is 0.892. The van der Waals surface area contributed by atoms with Crippen molar-refractivity contribution in [1.82, 2.24) is 0 Å². The monoisotopic (exact) mass is 208 g/mol. The highest BCUT2D eigenvalue weighted by Crippen LogP contribution is 2.03. The molecule has 0 amide bonds. The minimum absolute atomic E-state index is 0. The molecule has 0 fully saturated rings. The van der Waals surface area contributed by atoms with E-state index < -0.39 is 0 Å². The second kappa shape index (κ2) is 23.1. The molecule has 0 unspecified atom stereocenters. The van der Waals surface area contributed by atoms with Crippen LogP contribution in [0.3, 0.4) is 0 Å². The molecule has 0 heterocycles. The molecule has 0 aromatic rings. The molecule has 0 aliphatic heterocycles. The maximum absolute atomic E-state index is 8.42. The Balaban J connectivity index is -0.000000209. The van der Waals surface area contributed by atoms with Crippen molar-refractivity contribution >= 4 is 0 Å². The zero-order valence-corrected chi connectivity index (χ0v) is 9.76. The summed E-state index contributed by atoms with van der Waals surface area (Å²) in [7, 11) is 0. The highest BCUT2D eigenvalue weighted by molar-refractivity contribution is 4.41. The first-order chi connectivity index (χ1) is 6.33. The van der Waals surface area contributed by atoms with Gasteiger partial charge in [-0.1, -0.05) is 46.0 Å². The number of aliphatic hydroxyl groups is 2. The summed E-state index contributed by atoms with van der Waals surface area (Å²) >= 11 is 0. The van der Waals surface area contributed by atoms with Gasteiger partial charge in [-0.25, -0.2) is 0 Å². The van der Waals surface area contributed by atoms with Crippen LogP contribution in [0.2, 0.25) is 0 Å². The van der Waals surface area contributed by atoms with Crippen molar-refractivity contribution in [3.05, 3.63) is 0 Å². The van der Waals surface area contributed by atoms with Crippen molar-refractivity contribution in [2.24, 2.45) is 0 Å². The summed E-state index contributed by atoms with van der Waals surface area (Å²) in [6.07, 6.45) is 8.37.